The van der Waals surface area contributed by atoms with Gasteiger partial charge in [-0.25, -0.2) is 8.42 Å². The Bertz CT molecular complexity index is 904. The van der Waals surface area contributed by atoms with E-state index in [-0.39, 0.29) is 23.4 Å². The summed E-state index contributed by atoms with van der Waals surface area (Å²) in [6.45, 7) is 8.69. The van der Waals surface area contributed by atoms with Crippen LogP contribution in [0.2, 0.25) is 0 Å². The zero-order valence-corrected chi connectivity index (χ0v) is 18.0. The number of anilines is 1. The third-order valence-electron chi connectivity index (χ3n) is 4.66. The number of rotatable bonds is 8. The average Bonchev–Trinajstić information content (AvgIpc) is 2.61. The maximum Gasteiger partial charge on any atom is 0.238 e. The number of hydrogen-bond acceptors (Lipinski definition) is 4. The number of sulfone groups is 1. The minimum atomic E-state index is -3.31. The van der Waals surface area contributed by atoms with E-state index >= 15 is 0 Å². The van der Waals surface area contributed by atoms with Gasteiger partial charge in [0.15, 0.2) is 9.84 Å². The van der Waals surface area contributed by atoms with Gasteiger partial charge in [0, 0.05) is 18.0 Å². The highest BCUT2D eigenvalue weighted by atomic mass is 32.2. The molecule has 0 bridgehead atoms. The molecule has 6 heteroatoms. The van der Waals surface area contributed by atoms with Crippen molar-refractivity contribution < 1.29 is 13.2 Å². The fraction of sp³-hybridized carbons (Fsp3) is 0.409. The Labute approximate surface area is 168 Å². The fourth-order valence-corrected chi connectivity index (χ4v) is 3.71. The summed E-state index contributed by atoms with van der Waals surface area (Å²) in [5.41, 5.74) is 2.90. The molecule has 0 unspecified atom stereocenters. The average molecular weight is 403 g/mol. The van der Waals surface area contributed by atoms with E-state index in [0.717, 1.165) is 11.8 Å². The first-order valence-corrected chi connectivity index (χ1v) is 11.4. The highest BCUT2D eigenvalue weighted by molar-refractivity contribution is 7.90. The van der Waals surface area contributed by atoms with Crippen LogP contribution < -0.4 is 10.6 Å². The summed E-state index contributed by atoms with van der Waals surface area (Å²) >= 11 is 0. The third-order valence-corrected chi connectivity index (χ3v) is 5.77. The SMILES string of the molecule is CC(C)c1ccc([C@H](NCC(=O)Nc2cccc(S(C)(=O)=O)c2)C(C)C)cc1. The van der Waals surface area contributed by atoms with Crippen LogP contribution in [0.25, 0.3) is 0 Å². The van der Waals surface area contributed by atoms with E-state index in [2.05, 4.69) is 62.6 Å². The van der Waals surface area contributed by atoms with Crippen LogP contribution >= 0.6 is 0 Å². The molecule has 2 N–H and O–H groups in total. The maximum atomic E-state index is 12.4. The highest BCUT2D eigenvalue weighted by Crippen LogP contribution is 2.24. The van der Waals surface area contributed by atoms with Crippen molar-refractivity contribution in [1.29, 1.82) is 0 Å². The fourth-order valence-electron chi connectivity index (χ4n) is 3.04. The van der Waals surface area contributed by atoms with Crippen molar-refractivity contribution >= 4 is 21.4 Å². The van der Waals surface area contributed by atoms with Gasteiger partial charge in [0.2, 0.25) is 5.91 Å². The molecule has 1 amide bonds. The van der Waals surface area contributed by atoms with Crippen molar-refractivity contribution in [3.63, 3.8) is 0 Å². The summed E-state index contributed by atoms with van der Waals surface area (Å²) < 4.78 is 23.3. The lowest BCUT2D eigenvalue weighted by molar-refractivity contribution is -0.115. The van der Waals surface area contributed by atoms with Crippen LogP contribution in [-0.2, 0) is 14.6 Å². The molecule has 0 aromatic heterocycles. The van der Waals surface area contributed by atoms with E-state index in [1.54, 1.807) is 12.1 Å². The van der Waals surface area contributed by atoms with E-state index in [9.17, 15) is 13.2 Å². The zero-order valence-electron chi connectivity index (χ0n) is 17.2. The van der Waals surface area contributed by atoms with Gasteiger partial charge in [-0.2, -0.15) is 0 Å². The molecule has 28 heavy (non-hydrogen) atoms. The van der Waals surface area contributed by atoms with Gasteiger partial charge in [0.1, 0.15) is 0 Å². The minimum Gasteiger partial charge on any atom is -0.325 e. The third kappa shape index (κ3) is 6.17. The first-order valence-electron chi connectivity index (χ1n) is 9.51. The second-order valence-corrected chi connectivity index (χ2v) is 9.79. The molecule has 0 fully saturated rings. The normalized spacial score (nSPS) is 13.0. The van der Waals surface area contributed by atoms with Crippen LogP contribution in [-0.4, -0.2) is 27.1 Å². The van der Waals surface area contributed by atoms with Crippen molar-refractivity contribution in [2.45, 2.75) is 44.6 Å². The zero-order chi connectivity index (χ0) is 20.9. The monoisotopic (exact) mass is 402 g/mol. The Hall–Kier alpha value is -2.18. The molecular weight excluding hydrogens is 372 g/mol. The Morgan fingerprint density at radius 1 is 0.964 bits per heavy atom. The summed E-state index contributed by atoms with van der Waals surface area (Å²) in [4.78, 5) is 12.5. The van der Waals surface area contributed by atoms with Gasteiger partial charge in [0.05, 0.1) is 11.4 Å². The molecule has 0 saturated heterocycles. The first kappa shape index (κ1) is 22.1. The van der Waals surface area contributed by atoms with Crippen LogP contribution in [0.4, 0.5) is 5.69 Å². The lowest BCUT2D eigenvalue weighted by atomic mass is 9.93. The predicted octanol–water partition coefficient (Wildman–Crippen LogP) is 4.14. The Morgan fingerprint density at radius 2 is 1.57 bits per heavy atom. The van der Waals surface area contributed by atoms with Crippen LogP contribution in [0.1, 0.15) is 50.8 Å². The topological polar surface area (TPSA) is 75.3 Å². The van der Waals surface area contributed by atoms with Crippen LogP contribution in [0.15, 0.2) is 53.4 Å². The van der Waals surface area contributed by atoms with Gasteiger partial charge in [0.25, 0.3) is 0 Å². The summed E-state index contributed by atoms with van der Waals surface area (Å²) in [5.74, 6) is 0.578. The molecule has 152 valence electrons. The molecule has 0 heterocycles. The molecule has 0 saturated carbocycles. The van der Waals surface area contributed by atoms with Crippen molar-refractivity contribution in [2.24, 2.45) is 5.92 Å². The molecule has 5 nitrogen and oxygen atoms in total. The summed E-state index contributed by atoms with van der Waals surface area (Å²) in [7, 11) is -3.31. The Morgan fingerprint density at radius 3 is 2.11 bits per heavy atom. The van der Waals surface area contributed by atoms with Crippen molar-refractivity contribution in [2.75, 3.05) is 18.1 Å². The van der Waals surface area contributed by atoms with Gasteiger partial charge >= 0.3 is 0 Å². The van der Waals surface area contributed by atoms with E-state index in [1.807, 2.05) is 0 Å². The lowest BCUT2D eigenvalue weighted by Crippen LogP contribution is -2.33. The number of hydrogen-bond donors (Lipinski definition) is 2. The van der Waals surface area contributed by atoms with E-state index in [1.165, 1.54) is 17.7 Å². The Balaban J connectivity index is 2.03. The molecule has 2 aromatic rings. The highest BCUT2D eigenvalue weighted by Gasteiger charge is 2.17. The van der Waals surface area contributed by atoms with Gasteiger partial charge in [-0.15, -0.1) is 0 Å². The molecule has 0 spiro atoms. The molecule has 2 aromatic carbocycles. The minimum absolute atomic E-state index is 0.0503. The number of carbonyl (C=O) groups is 1. The number of carbonyl (C=O) groups excluding carboxylic acids is 1. The molecule has 2 rings (SSSR count). The molecule has 1 atom stereocenters. The Kier molecular flexibility index (Phi) is 7.38. The summed E-state index contributed by atoms with van der Waals surface area (Å²) in [6.07, 6.45) is 1.15. The van der Waals surface area contributed by atoms with Crippen molar-refractivity contribution in [3.8, 4) is 0 Å². The molecule has 0 aliphatic carbocycles. The summed E-state index contributed by atoms with van der Waals surface area (Å²) in [5, 5.41) is 6.08. The maximum absolute atomic E-state index is 12.4. The van der Waals surface area contributed by atoms with Gasteiger partial charge in [-0.05, 0) is 41.2 Å². The molecule has 0 radical (unpaired) electrons. The van der Waals surface area contributed by atoms with E-state index in [0.29, 0.717) is 17.5 Å². The second-order valence-electron chi connectivity index (χ2n) is 7.77. The van der Waals surface area contributed by atoms with Crippen molar-refractivity contribution in [1.82, 2.24) is 5.32 Å². The van der Waals surface area contributed by atoms with Gasteiger partial charge in [-0.1, -0.05) is 58.0 Å². The van der Waals surface area contributed by atoms with Crippen molar-refractivity contribution in [3.05, 3.63) is 59.7 Å². The smallest absolute Gasteiger partial charge is 0.238 e. The van der Waals surface area contributed by atoms with Crippen LogP contribution in [0, 0.1) is 5.92 Å². The van der Waals surface area contributed by atoms with Crippen LogP contribution in [0.5, 0.6) is 0 Å². The van der Waals surface area contributed by atoms with Gasteiger partial charge in [-0.3, -0.25) is 4.79 Å². The molecule has 0 aliphatic rings. The number of benzene rings is 2. The summed E-state index contributed by atoms with van der Waals surface area (Å²) in [6, 6.07) is 14.8. The van der Waals surface area contributed by atoms with Gasteiger partial charge < -0.3 is 10.6 Å². The second kappa shape index (κ2) is 9.34. The number of amides is 1. The standard InChI is InChI=1S/C22H30N2O3S/c1-15(2)17-9-11-18(12-10-17)22(16(3)4)23-14-21(25)24-19-7-6-8-20(13-19)28(5,26)27/h6-13,15-16,22-23H,14H2,1-5H3,(H,24,25)/t22-/m1/s1. The lowest BCUT2D eigenvalue weighted by Gasteiger charge is -2.23. The van der Waals surface area contributed by atoms with E-state index in [4.69, 9.17) is 0 Å². The molecular formula is C22H30N2O3S. The quantitative estimate of drug-likeness (QED) is 0.696. The number of nitrogens with one attached hydrogen (secondary N) is 2. The predicted molar refractivity (Wildman–Crippen MR) is 114 cm³/mol. The largest absolute Gasteiger partial charge is 0.325 e. The van der Waals surface area contributed by atoms with E-state index < -0.39 is 9.84 Å². The first-order chi connectivity index (χ1) is 13.1. The van der Waals surface area contributed by atoms with Crippen LogP contribution in [0.3, 0.4) is 0 Å². The molecule has 0 aliphatic heterocycles.